The maximum absolute atomic E-state index is 13.8. The Balaban J connectivity index is 1.63. The Hall–Kier alpha value is -4.38. The van der Waals surface area contributed by atoms with Crippen LogP contribution in [-0.4, -0.2) is 18.5 Å². The van der Waals surface area contributed by atoms with Crippen LogP contribution in [0.15, 0.2) is 64.8 Å². The molecule has 0 fully saturated rings. The summed E-state index contributed by atoms with van der Waals surface area (Å²) >= 11 is 0. The van der Waals surface area contributed by atoms with Crippen LogP contribution in [0.3, 0.4) is 0 Å². The molecule has 0 unspecified atom stereocenters. The third kappa shape index (κ3) is 3.44. The number of fused-ring (bicyclic) bond motifs is 2. The van der Waals surface area contributed by atoms with E-state index in [1.165, 1.54) is 0 Å². The monoisotopic (exact) mass is 443 g/mol. The van der Waals surface area contributed by atoms with Crippen molar-refractivity contribution in [2.45, 2.75) is 19.4 Å². The highest BCUT2D eigenvalue weighted by Crippen LogP contribution is 2.41. The van der Waals surface area contributed by atoms with Crippen molar-refractivity contribution in [3.05, 3.63) is 92.7 Å². The first kappa shape index (κ1) is 20.5. The Bertz CT molecular complexity index is 1380. The van der Waals surface area contributed by atoms with Gasteiger partial charge in [-0.15, -0.1) is 0 Å². The van der Waals surface area contributed by atoms with E-state index in [0.29, 0.717) is 40.8 Å². The van der Waals surface area contributed by atoms with Crippen LogP contribution >= 0.6 is 0 Å². The molecular weight excluding hydrogens is 422 g/mol. The Morgan fingerprint density at radius 2 is 1.88 bits per heavy atom. The molecule has 2 aliphatic heterocycles. The smallest absolute Gasteiger partial charge is 0.259 e. The lowest BCUT2D eigenvalue weighted by atomic mass is 9.84. The molecule has 3 aromatic rings. The number of nitrogens with zero attached hydrogens (tertiary/aromatic N) is 2. The molecule has 0 amide bonds. The van der Waals surface area contributed by atoms with Crippen LogP contribution in [0, 0.1) is 18.3 Å². The van der Waals surface area contributed by atoms with Gasteiger partial charge in [0.2, 0.25) is 12.7 Å². The van der Waals surface area contributed by atoms with E-state index >= 15 is 0 Å². The highest BCUT2D eigenvalue weighted by Gasteiger charge is 2.34. The number of rotatable bonds is 4. The number of allylic oxidation sites excluding steroid dienone is 1. The van der Waals surface area contributed by atoms with E-state index in [4.69, 9.17) is 24.7 Å². The van der Waals surface area contributed by atoms with Crippen molar-refractivity contribution in [3.63, 3.8) is 0 Å². The first-order valence-corrected chi connectivity index (χ1v) is 10.3. The molecule has 0 bridgehead atoms. The van der Waals surface area contributed by atoms with Gasteiger partial charge in [-0.05, 0) is 42.3 Å². The van der Waals surface area contributed by atoms with Gasteiger partial charge in [-0.1, -0.05) is 18.2 Å². The lowest BCUT2D eigenvalue weighted by Crippen LogP contribution is -2.33. The van der Waals surface area contributed by atoms with Crippen LogP contribution in [0.4, 0.5) is 0 Å². The predicted octanol–water partition coefficient (Wildman–Crippen LogP) is 3.16. The summed E-state index contributed by atoms with van der Waals surface area (Å²) in [5, 5.41) is 9.83. The number of benzene rings is 2. The minimum absolute atomic E-state index is 0.00172. The normalized spacial score (nSPS) is 16.1. The molecule has 2 aromatic carbocycles. The minimum atomic E-state index is -0.652. The van der Waals surface area contributed by atoms with Crippen molar-refractivity contribution < 1.29 is 18.9 Å². The topological polar surface area (TPSA) is 109 Å². The summed E-state index contributed by atoms with van der Waals surface area (Å²) in [5.41, 5.74) is 8.74. The lowest BCUT2D eigenvalue weighted by Gasteiger charge is -2.27. The molecule has 5 rings (SSSR count). The van der Waals surface area contributed by atoms with Crippen LogP contribution in [0.1, 0.15) is 28.3 Å². The van der Waals surface area contributed by atoms with Crippen molar-refractivity contribution >= 4 is 0 Å². The molecule has 1 aromatic heterocycles. The number of ether oxygens (including phenoxy) is 4. The summed E-state index contributed by atoms with van der Waals surface area (Å²) in [6.45, 7) is 2.34. The van der Waals surface area contributed by atoms with Crippen LogP contribution in [-0.2, 0) is 6.54 Å². The van der Waals surface area contributed by atoms with Crippen LogP contribution in [0.2, 0.25) is 0 Å². The van der Waals surface area contributed by atoms with Gasteiger partial charge in [-0.3, -0.25) is 4.79 Å². The van der Waals surface area contributed by atoms with Crippen LogP contribution in [0.5, 0.6) is 23.0 Å². The summed E-state index contributed by atoms with van der Waals surface area (Å²) < 4.78 is 23.5. The largest absolute Gasteiger partial charge is 0.497 e. The summed E-state index contributed by atoms with van der Waals surface area (Å²) in [7, 11) is 1.58. The number of pyridine rings is 1. The van der Waals surface area contributed by atoms with E-state index in [9.17, 15) is 10.1 Å². The summed E-state index contributed by atoms with van der Waals surface area (Å²) in [6.07, 6.45) is 0. The molecule has 0 aliphatic carbocycles. The second kappa shape index (κ2) is 7.95. The zero-order valence-corrected chi connectivity index (χ0v) is 18.1. The number of nitriles is 1. The summed E-state index contributed by atoms with van der Waals surface area (Å²) in [6, 6.07) is 16.7. The fourth-order valence-corrected chi connectivity index (χ4v) is 4.23. The molecular formula is C25H21N3O5. The summed E-state index contributed by atoms with van der Waals surface area (Å²) in [5.74, 6) is 1.71. The van der Waals surface area contributed by atoms with E-state index in [1.54, 1.807) is 29.9 Å². The third-order valence-electron chi connectivity index (χ3n) is 5.92. The second-order valence-corrected chi connectivity index (χ2v) is 7.84. The van der Waals surface area contributed by atoms with Gasteiger partial charge in [0, 0.05) is 11.8 Å². The van der Waals surface area contributed by atoms with Crippen molar-refractivity contribution in [1.29, 1.82) is 5.26 Å². The van der Waals surface area contributed by atoms with Crippen molar-refractivity contribution in [3.8, 4) is 29.1 Å². The molecule has 0 radical (unpaired) electrons. The Labute approximate surface area is 190 Å². The highest BCUT2D eigenvalue weighted by atomic mass is 16.7. The lowest BCUT2D eigenvalue weighted by molar-refractivity contribution is 0.174. The zero-order valence-electron chi connectivity index (χ0n) is 18.1. The van der Waals surface area contributed by atoms with Gasteiger partial charge >= 0.3 is 0 Å². The van der Waals surface area contributed by atoms with E-state index in [-0.39, 0.29) is 23.8 Å². The van der Waals surface area contributed by atoms with Gasteiger partial charge in [-0.25, -0.2) is 0 Å². The fourth-order valence-electron chi connectivity index (χ4n) is 4.23. The molecule has 8 nitrogen and oxygen atoms in total. The van der Waals surface area contributed by atoms with E-state index in [2.05, 4.69) is 6.07 Å². The first-order valence-electron chi connectivity index (χ1n) is 10.3. The molecule has 0 saturated heterocycles. The molecule has 3 heterocycles. The Morgan fingerprint density at radius 3 is 2.61 bits per heavy atom. The van der Waals surface area contributed by atoms with Crippen molar-refractivity contribution in [2.24, 2.45) is 5.73 Å². The number of hydrogen-bond acceptors (Lipinski definition) is 7. The fraction of sp³-hybridized carbons (Fsp3) is 0.200. The number of methoxy groups -OCH3 is 1. The van der Waals surface area contributed by atoms with Crippen molar-refractivity contribution in [2.75, 3.05) is 13.9 Å². The van der Waals surface area contributed by atoms with E-state index in [0.717, 1.165) is 11.1 Å². The summed E-state index contributed by atoms with van der Waals surface area (Å²) in [4.78, 5) is 13.8. The van der Waals surface area contributed by atoms with Gasteiger partial charge in [-0.2, -0.15) is 5.26 Å². The average molecular weight is 443 g/mol. The van der Waals surface area contributed by atoms with E-state index in [1.807, 2.05) is 37.3 Å². The van der Waals surface area contributed by atoms with Gasteiger partial charge < -0.3 is 29.2 Å². The number of aryl methyl sites for hydroxylation is 1. The Morgan fingerprint density at radius 1 is 1.12 bits per heavy atom. The van der Waals surface area contributed by atoms with Crippen molar-refractivity contribution in [1.82, 2.24) is 4.57 Å². The highest BCUT2D eigenvalue weighted by molar-refractivity contribution is 5.56. The van der Waals surface area contributed by atoms with Crippen LogP contribution < -0.4 is 30.2 Å². The standard InChI is InChI=1S/C25H21N3O5/c1-14-9-21-23(25(29)28(14)12-15-3-8-19-20(10-15)32-13-31-19)22(18(11-26)24(27)33-21)16-4-6-17(30-2)7-5-16/h3-10,22H,12-13,27H2,1-2H3/t22-/m1/s1. The predicted molar refractivity (Wildman–Crippen MR) is 119 cm³/mol. The molecule has 166 valence electrons. The number of aromatic nitrogens is 1. The average Bonchev–Trinajstić information content (AvgIpc) is 3.29. The maximum Gasteiger partial charge on any atom is 0.259 e. The third-order valence-corrected chi connectivity index (χ3v) is 5.92. The van der Waals surface area contributed by atoms with Gasteiger partial charge in [0.15, 0.2) is 11.5 Å². The molecule has 2 aliphatic rings. The molecule has 1 atom stereocenters. The minimum Gasteiger partial charge on any atom is -0.497 e. The number of nitrogens with two attached hydrogens (primary N) is 1. The Kier molecular flexibility index (Phi) is 4.94. The first-order chi connectivity index (χ1) is 16.0. The molecule has 2 N–H and O–H groups in total. The molecule has 8 heteroatoms. The SMILES string of the molecule is COc1ccc([C@@H]2C(C#N)=C(N)Oc3cc(C)n(Cc4ccc5c(c4)OCO5)c(=O)c32)cc1. The zero-order chi connectivity index (χ0) is 23.1. The molecule has 0 spiro atoms. The second-order valence-electron chi connectivity index (χ2n) is 7.84. The van der Waals surface area contributed by atoms with Gasteiger partial charge in [0.25, 0.3) is 5.56 Å². The maximum atomic E-state index is 13.8. The van der Waals surface area contributed by atoms with Gasteiger partial charge in [0.1, 0.15) is 23.1 Å². The number of hydrogen-bond donors (Lipinski definition) is 1. The molecule has 0 saturated carbocycles. The molecule has 33 heavy (non-hydrogen) atoms. The van der Waals surface area contributed by atoms with Gasteiger partial charge in [0.05, 0.1) is 25.1 Å². The quantitative estimate of drug-likeness (QED) is 0.660. The van der Waals surface area contributed by atoms with Crippen LogP contribution in [0.25, 0.3) is 0 Å². The van der Waals surface area contributed by atoms with E-state index < -0.39 is 5.92 Å².